The van der Waals surface area contributed by atoms with E-state index < -0.39 is 24.3 Å². The Hall–Kier alpha value is -5.66. The van der Waals surface area contributed by atoms with Crippen LogP contribution in [0.4, 0.5) is 9.59 Å². The van der Waals surface area contributed by atoms with Crippen molar-refractivity contribution in [1.29, 1.82) is 0 Å². The average molecular weight is 789 g/mol. The molecule has 3 saturated carbocycles. The van der Waals surface area contributed by atoms with Crippen LogP contribution in [0.25, 0.3) is 22.5 Å². The molecular formula is C44H52N8O6. The first kappa shape index (κ1) is 37.9. The Labute approximate surface area is 337 Å². The van der Waals surface area contributed by atoms with Crippen LogP contribution in [0.3, 0.4) is 0 Å². The number of carboxylic acid groups (broad SMARTS) is 1. The number of imidazole rings is 2. The molecule has 4 heterocycles. The zero-order chi connectivity index (χ0) is 40.6. The van der Waals surface area contributed by atoms with Crippen molar-refractivity contribution in [2.24, 2.45) is 23.7 Å². The number of amides is 4. The number of alkyl carbamates (subject to hydrolysis) is 1. The standard InChI is InChI=1S/C44H52N8O6/c1-21(2)37(49-43(55)56)41(53)51-33-14-27(33)16-35(51)39-45-19-31(47-39)25-10-6-23(7-11-25)29-18-30(29)24-8-12-26(13-9-24)32-20-46-40(48-32)36-17-28-15-34(28)52(36)42(54)38(22(3)4)50-44(57)58-5/h6-13,19-22,27-30,33-38,49H,14-18H2,1-5H3,(H,45,47)(H,46,48)(H,50,57)(H,55,56)/t27-,28-,29-,30-,33-,34-,35+,36+,37+,38+/m1/s1. The predicted molar refractivity (Wildman–Crippen MR) is 214 cm³/mol. The lowest BCUT2D eigenvalue weighted by Gasteiger charge is -2.31. The monoisotopic (exact) mass is 788 g/mol. The Kier molecular flexibility index (Phi) is 9.55. The minimum Gasteiger partial charge on any atom is -0.465 e. The number of hydrogen-bond donors (Lipinski definition) is 5. The highest BCUT2D eigenvalue weighted by molar-refractivity contribution is 5.88. The summed E-state index contributed by atoms with van der Waals surface area (Å²) in [5.74, 6) is 2.76. The number of carbonyl (C=O) groups excluding carboxylic acids is 3. The Balaban J connectivity index is 0.829. The number of likely N-dealkylation sites (tertiary alicyclic amines) is 2. The summed E-state index contributed by atoms with van der Waals surface area (Å²) in [6.45, 7) is 7.57. The van der Waals surface area contributed by atoms with Crippen LogP contribution in [0.15, 0.2) is 60.9 Å². The Morgan fingerprint density at radius 1 is 0.672 bits per heavy atom. The molecule has 58 heavy (non-hydrogen) atoms. The molecule has 10 atom stereocenters. The van der Waals surface area contributed by atoms with Gasteiger partial charge in [0.25, 0.3) is 0 Å². The number of H-pyrrole nitrogens is 2. The van der Waals surface area contributed by atoms with Crippen molar-refractivity contribution in [1.82, 2.24) is 40.4 Å². The molecule has 4 aromatic rings. The molecule has 14 nitrogen and oxygen atoms in total. The molecule has 5 N–H and O–H groups in total. The number of methoxy groups -OCH3 is 1. The lowest BCUT2D eigenvalue weighted by molar-refractivity contribution is -0.137. The van der Waals surface area contributed by atoms with E-state index in [1.165, 1.54) is 18.2 Å². The van der Waals surface area contributed by atoms with E-state index >= 15 is 0 Å². The van der Waals surface area contributed by atoms with Gasteiger partial charge in [0.05, 0.1) is 43.0 Å². The van der Waals surface area contributed by atoms with E-state index in [2.05, 4.69) is 69.1 Å². The number of aromatic amines is 2. The first-order valence-electron chi connectivity index (χ1n) is 20.7. The van der Waals surface area contributed by atoms with E-state index in [1.54, 1.807) is 0 Å². The maximum absolute atomic E-state index is 13.8. The van der Waals surface area contributed by atoms with Gasteiger partial charge in [0.1, 0.15) is 23.7 Å². The molecule has 2 aromatic carbocycles. The molecule has 0 bridgehead atoms. The molecule has 304 valence electrons. The van der Waals surface area contributed by atoms with Crippen molar-refractivity contribution < 1.29 is 29.0 Å². The SMILES string of the molecule is COC(=O)N[C@H](C(=O)N1[C@@H]2C[C@@H]2C[C@H]1c1ncc(-c2ccc([C@H]3C[C@@H]3c3ccc(-c4cnc([C@@H]5C[C@H]6C[C@H]6N5C(=O)[C@@H](NC(=O)O)C(C)C)[nH]4)cc3)cc2)[nH]1)C(C)C. The summed E-state index contributed by atoms with van der Waals surface area (Å²) in [7, 11) is 1.31. The van der Waals surface area contributed by atoms with Crippen molar-refractivity contribution in [3.63, 3.8) is 0 Å². The fraction of sp³-hybridized carbons (Fsp3) is 0.500. The maximum atomic E-state index is 13.8. The van der Waals surface area contributed by atoms with Crippen LogP contribution in [0.2, 0.25) is 0 Å². The second kappa shape index (κ2) is 14.6. The molecule has 4 amide bonds. The van der Waals surface area contributed by atoms with Gasteiger partial charge in [-0.2, -0.15) is 0 Å². The topological polar surface area (TPSA) is 186 Å². The lowest BCUT2D eigenvalue weighted by Crippen LogP contribution is -2.52. The van der Waals surface area contributed by atoms with E-state index in [-0.39, 0.29) is 47.8 Å². The molecule has 2 aromatic heterocycles. The largest absolute Gasteiger partial charge is 0.465 e. The van der Waals surface area contributed by atoms with Crippen LogP contribution in [0, 0.1) is 23.7 Å². The second-order valence-electron chi connectivity index (χ2n) is 17.7. The highest BCUT2D eigenvalue weighted by Gasteiger charge is 2.57. The van der Waals surface area contributed by atoms with E-state index in [1.807, 2.05) is 49.9 Å². The van der Waals surface area contributed by atoms with Gasteiger partial charge in [-0.05, 0) is 89.9 Å². The average Bonchev–Trinajstić information content (AvgIpc) is 4.14. The number of nitrogens with one attached hydrogen (secondary N) is 4. The fourth-order valence-corrected chi connectivity index (χ4v) is 9.76. The number of rotatable bonds is 12. The molecule has 5 fully saturated rings. The number of piperidine rings is 2. The van der Waals surface area contributed by atoms with Gasteiger partial charge < -0.3 is 40.2 Å². The van der Waals surface area contributed by atoms with Gasteiger partial charge in [0, 0.05) is 12.1 Å². The van der Waals surface area contributed by atoms with Crippen molar-refractivity contribution in [2.75, 3.05) is 7.11 Å². The van der Waals surface area contributed by atoms with Crippen LogP contribution in [-0.4, -0.2) is 90.1 Å². The van der Waals surface area contributed by atoms with Crippen LogP contribution in [0.5, 0.6) is 0 Å². The number of fused-ring (bicyclic) bond motifs is 2. The molecule has 2 aliphatic heterocycles. The number of ether oxygens (including phenoxy) is 1. The molecule has 14 heteroatoms. The van der Waals surface area contributed by atoms with Gasteiger partial charge in [-0.1, -0.05) is 76.2 Å². The first-order chi connectivity index (χ1) is 27.9. The van der Waals surface area contributed by atoms with Crippen LogP contribution in [-0.2, 0) is 14.3 Å². The summed E-state index contributed by atoms with van der Waals surface area (Å²) >= 11 is 0. The Morgan fingerprint density at radius 3 is 1.50 bits per heavy atom. The number of aromatic nitrogens is 4. The second-order valence-corrected chi connectivity index (χ2v) is 17.7. The molecule has 0 radical (unpaired) electrons. The highest BCUT2D eigenvalue weighted by Crippen LogP contribution is 2.56. The zero-order valence-electron chi connectivity index (χ0n) is 33.5. The molecule has 5 aliphatic rings. The number of hydrogen-bond acceptors (Lipinski definition) is 7. The summed E-state index contributed by atoms with van der Waals surface area (Å²) < 4.78 is 4.80. The van der Waals surface area contributed by atoms with Crippen molar-refractivity contribution >= 4 is 24.0 Å². The van der Waals surface area contributed by atoms with Gasteiger partial charge in [0.15, 0.2) is 0 Å². The molecule has 0 unspecified atom stereocenters. The molecule has 2 saturated heterocycles. The summed E-state index contributed by atoms with van der Waals surface area (Å²) in [6, 6.07) is 15.8. The van der Waals surface area contributed by atoms with Crippen molar-refractivity contribution in [2.45, 2.75) is 108 Å². The third-order valence-corrected chi connectivity index (χ3v) is 13.2. The first-order valence-corrected chi connectivity index (χ1v) is 20.7. The molecule has 9 rings (SSSR count). The van der Waals surface area contributed by atoms with Crippen LogP contribution < -0.4 is 10.6 Å². The van der Waals surface area contributed by atoms with Crippen LogP contribution >= 0.6 is 0 Å². The minimum atomic E-state index is -1.19. The third kappa shape index (κ3) is 7.00. The quantitative estimate of drug-likeness (QED) is 0.105. The summed E-state index contributed by atoms with van der Waals surface area (Å²) in [5.41, 5.74) is 6.46. The van der Waals surface area contributed by atoms with E-state index in [0.717, 1.165) is 66.3 Å². The number of carbonyl (C=O) groups is 4. The van der Waals surface area contributed by atoms with Crippen LogP contribution in [0.1, 0.15) is 106 Å². The Morgan fingerprint density at radius 2 is 1.10 bits per heavy atom. The molecular weight excluding hydrogens is 737 g/mol. The van der Waals surface area contributed by atoms with Gasteiger partial charge in [-0.25, -0.2) is 19.6 Å². The Bertz CT molecular complexity index is 2210. The minimum absolute atomic E-state index is 0.0896. The number of nitrogens with zero attached hydrogens (tertiary/aromatic N) is 4. The predicted octanol–water partition coefficient (Wildman–Crippen LogP) is 6.73. The smallest absolute Gasteiger partial charge is 0.407 e. The zero-order valence-corrected chi connectivity index (χ0v) is 33.5. The third-order valence-electron chi connectivity index (χ3n) is 13.2. The molecule has 0 spiro atoms. The highest BCUT2D eigenvalue weighted by atomic mass is 16.5. The van der Waals surface area contributed by atoms with E-state index in [9.17, 15) is 24.3 Å². The fourth-order valence-electron chi connectivity index (χ4n) is 9.76. The van der Waals surface area contributed by atoms with Gasteiger partial charge in [0.2, 0.25) is 11.8 Å². The number of benzene rings is 2. The summed E-state index contributed by atoms with van der Waals surface area (Å²) in [4.78, 5) is 71.2. The van der Waals surface area contributed by atoms with Gasteiger partial charge in [-0.15, -0.1) is 0 Å². The maximum Gasteiger partial charge on any atom is 0.407 e. The summed E-state index contributed by atoms with van der Waals surface area (Å²) in [5, 5.41) is 14.5. The lowest BCUT2D eigenvalue weighted by atomic mass is 10.0. The normalized spacial score (nSPS) is 27.5. The van der Waals surface area contributed by atoms with Gasteiger partial charge >= 0.3 is 12.2 Å². The van der Waals surface area contributed by atoms with Gasteiger partial charge in [-0.3, -0.25) is 9.59 Å². The summed E-state index contributed by atoms with van der Waals surface area (Å²) in [6.07, 6.45) is 6.59. The van der Waals surface area contributed by atoms with Crippen molar-refractivity contribution in [3.05, 3.63) is 83.7 Å². The molecule has 3 aliphatic carbocycles. The van der Waals surface area contributed by atoms with E-state index in [4.69, 9.17) is 14.7 Å². The van der Waals surface area contributed by atoms with Crippen molar-refractivity contribution in [3.8, 4) is 22.5 Å². The van der Waals surface area contributed by atoms with E-state index in [0.29, 0.717) is 23.7 Å².